The van der Waals surface area contributed by atoms with Crippen molar-refractivity contribution in [3.63, 3.8) is 0 Å². The van der Waals surface area contributed by atoms with Gasteiger partial charge in [0.1, 0.15) is 36.6 Å². The summed E-state index contributed by atoms with van der Waals surface area (Å²) >= 11 is 1.45. The number of aliphatic hydroxyl groups excluding tert-OH is 3. The van der Waals surface area contributed by atoms with E-state index in [1.54, 1.807) is 0 Å². The summed E-state index contributed by atoms with van der Waals surface area (Å²) in [4.78, 5) is 63.5. The van der Waals surface area contributed by atoms with Gasteiger partial charge < -0.3 is 50.6 Å². The fourth-order valence-corrected chi connectivity index (χ4v) is 5.59. The van der Waals surface area contributed by atoms with Gasteiger partial charge in [-0.25, -0.2) is 4.79 Å². The first-order chi connectivity index (χ1) is 19.4. The maximum absolute atomic E-state index is 12.9. The SMILES string of the molecule is CO[C@H]1[C@@H](O)[C@H](n2ccc(=O)[nH]c2=O)O[C@@H]1[C@@H](O[C@@H]1OC(C(=O)N[C@H]2CSC[C@@H](C)NC2=O)=C[C@@H](O)[C@H]1O)C(N)=O. The van der Waals surface area contributed by atoms with Gasteiger partial charge in [0.2, 0.25) is 18.1 Å². The zero-order valence-electron chi connectivity index (χ0n) is 21.9. The number of ether oxygens (including phenoxy) is 4. The molecule has 17 nitrogen and oxygen atoms in total. The zero-order chi connectivity index (χ0) is 30.0. The second-order valence-electron chi connectivity index (χ2n) is 9.63. The zero-order valence-corrected chi connectivity index (χ0v) is 22.7. The van der Waals surface area contributed by atoms with E-state index in [2.05, 4.69) is 10.6 Å². The Kier molecular flexibility index (Phi) is 9.52. The summed E-state index contributed by atoms with van der Waals surface area (Å²) in [5.41, 5.74) is 3.92. The van der Waals surface area contributed by atoms with Gasteiger partial charge in [0.25, 0.3) is 11.5 Å². The predicted octanol–water partition coefficient (Wildman–Crippen LogP) is -4.62. The van der Waals surface area contributed by atoms with E-state index in [0.29, 0.717) is 5.75 Å². The smallest absolute Gasteiger partial charge is 0.330 e. The molecule has 0 aliphatic carbocycles. The number of nitrogens with two attached hydrogens (primary N) is 1. The largest absolute Gasteiger partial charge is 0.456 e. The number of hydrogen-bond acceptors (Lipinski definition) is 13. The van der Waals surface area contributed by atoms with Crippen molar-refractivity contribution in [2.45, 2.75) is 68.1 Å². The number of methoxy groups -OCH3 is 1. The van der Waals surface area contributed by atoms with E-state index in [1.807, 2.05) is 11.9 Å². The van der Waals surface area contributed by atoms with Gasteiger partial charge in [-0.3, -0.25) is 28.7 Å². The molecule has 226 valence electrons. The maximum Gasteiger partial charge on any atom is 0.330 e. The molecule has 0 radical (unpaired) electrons. The summed E-state index contributed by atoms with van der Waals surface area (Å²) in [7, 11) is 1.18. The number of nitrogens with zero attached hydrogens (tertiary/aromatic N) is 1. The molecule has 0 bridgehead atoms. The van der Waals surface area contributed by atoms with Gasteiger partial charge in [0.05, 0.1) is 0 Å². The first-order valence-corrected chi connectivity index (χ1v) is 13.6. The number of carbonyl (C=O) groups is 3. The number of amides is 3. The number of hydrogen-bond donors (Lipinski definition) is 7. The molecule has 10 atom stereocenters. The molecule has 0 aromatic carbocycles. The Morgan fingerprint density at radius 2 is 1.95 bits per heavy atom. The molecule has 8 N–H and O–H groups in total. The molecule has 2 fully saturated rings. The number of aromatic amines is 1. The van der Waals surface area contributed by atoms with Crippen LogP contribution in [0.3, 0.4) is 0 Å². The van der Waals surface area contributed by atoms with Crippen LogP contribution in [0.15, 0.2) is 33.7 Å². The number of rotatable bonds is 8. The molecule has 1 aromatic heterocycles. The number of H-pyrrole nitrogens is 1. The van der Waals surface area contributed by atoms with Crippen molar-refractivity contribution in [2.75, 3.05) is 18.6 Å². The lowest BCUT2D eigenvalue weighted by Gasteiger charge is -2.35. The molecule has 3 aliphatic heterocycles. The summed E-state index contributed by atoms with van der Waals surface area (Å²) in [5, 5.41) is 36.9. The molecule has 18 heteroatoms. The molecule has 3 aliphatic rings. The Labute approximate surface area is 236 Å². The minimum absolute atomic E-state index is 0.102. The van der Waals surface area contributed by atoms with E-state index in [1.165, 1.54) is 18.9 Å². The first-order valence-electron chi connectivity index (χ1n) is 12.5. The number of thioether (sulfide) groups is 1. The maximum atomic E-state index is 12.9. The normalized spacial score (nSPS) is 34.5. The molecule has 1 aromatic rings. The van der Waals surface area contributed by atoms with Gasteiger partial charge in [-0.05, 0) is 13.0 Å². The Hall–Kier alpha value is -3.26. The van der Waals surface area contributed by atoms with Crippen LogP contribution in [-0.2, 0) is 33.3 Å². The number of carbonyl (C=O) groups excluding carboxylic acids is 3. The molecule has 41 heavy (non-hydrogen) atoms. The quantitative estimate of drug-likeness (QED) is 0.148. The third-order valence-corrected chi connectivity index (χ3v) is 7.89. The van der Waals surface area contributed by atoms with Crippen LogP contribution in [0.5, 0.6) is 0 Å². The highest BCUT2D eigenvalue weighted by atomic mass is 32.2. The van der Waals surface area contributed by atoms with Crippen molar-refractivity contribution in [1.82, 2.24) is 20.2 Å². The molecule has 0 saturated carbocycles. The van der Waals surface area contributed by atoms with Crippen molar-refractivity contribution in [2.24, 2.45) is 5.73 Å². The van der Waals surface area contributed by atoms with Gasteiger partial charge in [-0.2, -0.15) is 11.8 Å². The van der Waals surface area contributed by atoms with Crippen LogP contribution in [0.25, 0.3) is 0 Å². The van der Waals surface area contributed by atoms with Crippen molar-refractivity contribution < 1.29 is 48.7 Å². The molecule has 0 spiro atoms. The molecule has 2 saturated heterocycles. The lowest BCUT2D eigenvalue weighted by atomic mass is 10.0. The lowest BCUT2D eigenvalue weighted by molar-refractivity contribution is -0.241. The molecule has 4 rings (SSSR count). The third kappa shape index (κ3) is 6.64. The van der Waals surface area contributed by atoms with E-state index in [4.69, 9.17) is 24.7 Å². The van der Waals surface area contributed by atoms with Crippen LogP contribution in [0.4, 0.5) is 0 Å². The number of nitrogens with one attached hydrogen (secondary N) is 3. The van der Waals surface area contributed by atoms with Gasteiger partial charge in [0.15, 0.2) is 18.1 Å². The summed E-state index contributed by atoms with van der Waals surface area (Å²) < 4.78 is 22.9. The standard InChI is InChI=1S/C23H31N5O12S/c1-8-6-41-7-9(19(34)25-8)26-20(35)11-5-10(29)13(31)22(38-11)40-17(18(24)33)16-15(37-2)14(32)21(39-16)28-4-3-12(30)27-23(28)36/h3-5,8-10,13-17,21-22,29,31-32H,6-7H2,1-2H3,(H2,24,33)(H,25,34)(H,26,35)(H,27,30,36)/t8-,9+,10-,13-,14-,15+,16+,17-,21-,22+/m1/s1. The molecular weight excluding hydrogens is 570 g/mol. The van der Waals surface area contributed by atoms with Crippen molar-refractivity contribution in [3.05, 3.63) is 44.9 Å². The van der Waals surface area contributed by atoms with E-state index in [0.717, 1.165) is 22.9 Å². The highest BCUT2D eigenvalue weighted by Gasteiger charge is 2.52. The molecular formula is C23H31N5O12S. The monoisotopic (exact) mass is 601 g/mol. The summed E-state index contributed by atoms with van der Waals surface area (Å²) in [6.07, 6.45) is -11.0. The van der Waals surface area contributed by atoms with Gasteiger partial charge >= 0.3 is 5.69 Å². The Morgan fingerprint density at radius 1 is 1.22 bits per heavy atom. The third-order valence-electron chi connectivity index (χ3n) is 6.59. The van der Waals surface area contributed by atoms with E-state index >= 15 is 0 Å². The van der Waals surface area contributed by atoms with E-state index in [9.17, 15) is 39.3 Å². The van der Waals surface area contributed by atoms with Crippen LogP contribution in [-0.4, -0.2) is 116 Å². The van der Waals surface area contributed by atoms with Crippen molar-refractivity contribution in [3.8, 4) is 0 Å². The number of aromatic nitrogens is 2. The second-order valence-corrected chi connectivity index (χ2v) is 10.7. The first kappa shape index (κ1) is 30.7. The van der Waals surface area contributed by atoms with Crippen LogP contribution in [0.2, 0.25) is 0 Å². The highest BCUT2D eigenvalue weighted by Crippen LogP contribution is 2.34. The van der Waals surface area contributed by atoms with Crippen LogP contribution in [0, 0.1) is 0 Å². The van der Waals surface area contributed by atoms with Crippen molar-refractivity contribution in [1.29, 1.82) is 0 Å². The van der Waals surface area contributed by atoms with Crippen LogP contribution in [0.1, 0.15) is 13.2 Å². The Bertz CT molecular complexity index is 1300. The summed E-state index contributed by atoms with van der Waals surface area (Å²) in [5.74, 6) is -2.04. The Morgan fingerprint density at radius 3 is 2.61 bits per heavy atom. The fourth-order valence-electron chi connectivity index (χ4n) is 4.55. The predicted molar refractivity (Wildman–Crippen MR) is 138 cm³/mol. The molecule has 0 unspecified atom stereocenters. The minimum Gasteiger partial charge on any atom is -0.456 e. The second kappa shape index (κ2) is 12.7. The average molecular weight is 602 g/mol. The van der Waals surface area contributed by atoms with Crippen molar-refractivity contribution >= 4 is 29.5 Å². The van der Waals surface area contributed by atoms with E-state index in [-0.39, 0.29) is 11.8 Å². The lowest BCUT2D eigenvalue weighted by Crippen LogP contribution is -2.54. The summed E-state index contributed by atoms with van der Waals surface area (Å²) in [6, 6.07) is 0.00146. The average Bonchev–Trinajstić information content (AvgIpc) is 3.14. The number of primary amides is 1. The molecule has 4 heterocycles. The van der Waals surface area contributed by atoms with E-state index < -0.39 is 89.9 Å². The highest BCUT2D eigenvalue weighted by molar-refractivity contribution is 7.99. The van der Waals surface area contributed by atoms with Gasteiger partial charge in [0, 0.05) is 36.9 Å². The number of aliphatic hydroxyl groups is 3. The van der Waals surface area contributed by atoms with Gasteiger partial charge in [-0.1, -0.05) is 0 Å². The van der Waals surface area contributed by atoms with Crippen LogP contribution >= 0.6 is 11.8 Å². The fraction of sp³-hybridized carbons (Fsp3) is 0.609. The molecule has 3 amide bonds. The topological polar surface area (TPSA) is 254 Å². The minimum atomic E-state index is -1.85. The Balaban J connectivity index is 1.51. The van der Waals surface area contributed by atoms with Gasteiger partial charge in [-0.15, -0.1) is 0 Å². The van der Waals surface area contributed by atoms with Crippen LogP contribution < -0.4 is 27.6 Å². The summed E-state index contributed by atoms with van der Waals surface area (Å²) in [6.45, 7) is 1.82.